The Kier molecular flexibility index (Phi) is 4.25. The highest BCUT2D eigenvalue weighted by Crippen LogP contribution is 2.39. The number of rotatable bonds is 5. The van der Waals surface area contributed by atoms with E-state index in [0.717, 1.165) is 10.7 Å². The highest BCUT2D eigenvalue weighted by molar-refractivity contribution is 7.89. The van der Waals surface area contributed by atoms with Crippen LogP contribution in [0.1, 0.15) is 13.3 Å². The number of nitrogens with zero attached hydrogens (tertiary/aromatic N) is 1. The second-order valence-electron chi connectivity index (χ2n) is 5.46. The maximum absolute atomic E-state index is 12.1. The van der Waals surface area contributed by atoms with Gasteiger partial charge in [0.15, 0.2) is 0 Å². The van der Waals surface area contributed by atoms with Crippen LogP contribution in [0.5, 0.6) is 5.75 Å². The van der Waals surface area contributed by atoms with Crippen LogP contribution in [0.4, 0.5) is 5.69 Å². The zero-order chi connectivity index (χ0) is 15.8. The number of benzene rings is 1. The fourth-order valence-electron chi connectivity index (χ4n) is 2.07. The number of carbonyl (C=O) groups excluding carboxylic acids is 1. The summed E-state index contributed by atoms with van der Waals surface area (Å²) >= 11 is 0. The van der Waals surface area contributed by atoms with E-state index in [1.165, 1.54) is 33.3 Å². The molecule has 2 atom stereocenters. The number of ether oxygens (including phenoxy) is 1. The fourth-order valence-corrected chi connectivity index (χ4v) is 3.00. The number of carbonyl (C=O) groups is 1. The van der Waals surface area contributed by atoms with E-state index >= 15 is 0 Å². The molecular weight excluding hydrogens is 292 g/mol. The van der Waals surface area contributed by atoms with Crippen LogP contribution in [-0.2, 0) is 14.8 Å². The topological polar surface area (TPSA) is 75.7 Å². The molecule has 1 fully saturated rings. The first-order valence-electron chi connectivity index (χ1n) is 6.68. The van der Waals surface area contributed by atoms with Gasteiger partial charge >= 0.3 is 0 Å². The molecule has 0 bridgehead atoms. The van der Waals surface area contributed by atoms with Crippen molar-refractivity contribution in [2.45, 2.75) is 18.2 Å². The van der Waals surface area contributed by atoms with E-state index in [2.05, 4.69) is 5.32 Å². The highest BCUT2D eigenvalue weighted by Gasteiger charge is 2.39. The predicted molar refractivity (Wildman–Crippen MR) is 79.8 cm³/mol. The number of amides is 1. The van der Waals surface area contributed by atoms with Gasteiger partial charge in [0.05, 0.1) is 17.7 Å². The van der Waals surface area contributed by atoms with E-state index in [1.807, 2.05) is 6.92 Å². The molecule has 1 aromatic rings. The number of hydrogen-bond donors (Lipinski definition) is 1. The average molecular weight is 312 g/mol. The maximum Gasteiger partial charge on any atom is 0.242 e. The molecule has 0 saturated heterocycles. The van der Waals surface area contributed by atoms with E-state index in [-0.39, 0.29) is 16.7 Å². The molecule has 1 aliphatic carbocycles. The Labute approximate surface area is 125 Å². The molecule has 0 heterocycles. The van der Waals surface area contributed by atoms with Gasteiger partial charge in [0.25, 0.3) is 0 Å². The van der Waals surface area contributed by atoms with Gasteiger partial charge in [0.1, 0.15) is 5.75 Å². The molecule has 116 valence electrons. The molecule has 1 aliphatic rings. The Bertz CT molecular complexity index is 655. The summed E-state index contributed by atoms with van der Waals surface area (Å²) in [6.07, 6.45) is 0.865. The second-order valence-corrected chi connectivity index (χ2v) is 7.61. The first-order chi connectivity index (χ1) is 9.77. The smallest absolute Gasteiger partial charge is 0.242 e. The minimum Gasteiger partial charge on any atom is -0.495 e. The van der Waals surface area contributed by atoms with Crippen LogP contribution in [-0.4, -0.2) is 39.8 Å². The van der Waals surface area contributed by atoms with Crippen LogP contribution in [0.15, 0.2) is 23.1 Å². The summed E-state index contributed by atoms with van der Waals surface area (Å²) in [6, 6.07) is 4.44. The van der Waals surface area contributed by atoms with Crippen LogP contribution in [0.25, 0.3) is 0 Å². The third-order valence-corrected chi connectivity index (χ3v) is 5.46. The normalized spacial score (nSPS) is 21.2. The first kappa shape index (κ1) is 15.8. The first-order valence-corrected chi connectivity index (χ1v) is 8.12. The molecule has 2 rings (SSSR count). The summed E-state index contributed by atoms with van der Waals surface area (Å²) in [5.41, 5.74) is 0.379. The third-order valence-electron chi connectivity index (χ3n) is 3.65. The predicted octanol–water partition coefficient (Wildman–Crippen LogP) is 1.54. The van der Waals surface area contributed by atoms with Crippen molar-refractivity contribution < 1.29 is 17.9 Å². The Hall–Kier alpha value is -1.60. The van der Waals surface area contributed by atoms with Crippen molar-refractivity contribution in [3.05, 3.63) is 18.2 Å². The van der Waals surface area contributed by atoms with Crippen LogP contribution >= 0.6 is 0 Å². The number of hydrogen-bond acceptors (Lipinski definition) is 4. The van der Waals surface area contributed by atoms with Gasteiger partial charge in [-0.25, -0.2) is 12.7 Å². The lowest BCUT2D eigenvalue weighted by Crippen LogP contribution is -2.22. The highest BCUT2D eigenvalue weighted by atomic mass is 32.2. The fraction of sp³-hybridized carbons (Fsp3) is 0.500. The van der Waals surface area contributed by atoms with Crippen LogP contribution in [0.3, 0.4) is 0 Å². The van der Waals surface area contributed by atoms with Crippen molar-refractivity contribution in [2.75, 3.05) is 26.5 Å². The molecule has 1 saturated carbocycles. The van der Waals surface area contributed by atoms with E-state index in [4.69, 9.17) is 4.74 Å². The lowest BCUT2D eigenvalue weighted by molar-refractivity contribution is -0.117. The third kappa shape index (κ3) is 3.19. The zero-order valence-corrected chi connectivity index (χ0v) is 13.4. The molecule has 1 amide bonds. The summed E-state index contributed by atoms with van der Waals surface area (Å²) in [7, 11) is 0.852. The van der Waals surface area contributed by atoms with Gasteiger partial charge in [-0.2, -0.15) is 0 Å². The molecule has 0 unspecified atom stereocenters. The molecule has 6 nitrogen and oxygen atoms in total. The monoisotopic (exact) mass is 312 g/mol. The average Bonchev–Trinajstić information content (AvgIpc) is 3.15. The quantitative estimate of drug-likeness (QED) is 0.895. The van der Waals surface area contributed by atoms with Gasteiger partial charge in [-0.1, -0.05) is 6.92 Å². The Morgan fingerprint density at radius 1 is 1.38 bits per heavy atom. The van der Waals surface area contributed by atoms with E-state index in [1.54, 1.807) is 6.07 Å². The summed E-state index contributed by atoms with van der Waals surface area (Å²) in [6.45, 7) is 2.01. The largest absolute Gasteiger partial charge is 0.495 e. The van der Waals surface area contributed by atoms with Gasteiger partial charge in [-0.15, -0.1) is 0 Å². The van der Waals surface area contributed by atoms with Crippen molar-refractivity contribution >= 4 is 21.6 Å². The van der Waals surface area contributed by atoms with Crippen molar-refractivity contribution in [1.82, 2.24) is 4.31 Å². The van der Waals surface area contributed by atoms with Crippen molar-refractivity contribution in [3.63, 3.8) is 0 Å². The van der Waals surface area contributed by atoms with Crippen molar-refractivity contribution in [2.24, 2.45) is 11.8 Å². The summed E-state index contributed by atoms with van der Waals surface area (Å²) in [4.78, 5) is 12.1. The lowest BCUT2D eigenvalue weighted by atomic mass is 10.2. The van der Waals surface area contributed by atoms with Gasteiger partial charge in [0, 0.05) is 20.0 Å². The Morgan fingerprint density at radius 2 is 2.00 bits per heavy atom. The molecule has 0 aromatic heterocycles. The Morgan fingerprint density at radius 3 is 2.48 bits per heavy atom. The molecule has 7 heteroatoms. The van der Waals surface area contributed by atoms with Gasteiger partial charge < -0.3 is 10.1 Å². The molecular formula is C14H20N2O4S. The summed E-state index contributed by atoms with van der Waals surface area (Å²) in [5, 5.41) is 2.76. The number of anilines is 1. The molecule has 21 heavy (non-hydrogen) atoms. The van der Waals surface area contributed by atoms with Gasteiger partial charge in [0.2, 0.25) is 15.9 Å². The number of sulfonamides is 1. The number of methoxy groups -OCH3 is 1. The second kappa shape index (κ2) is 5.65. The van der Waals surface area contributed by atoms with E-state index < -0.39 is 10.0 Å². The van der Waals surface area contributed by atoms with Gasteiger partial charge in [-0.05, 0) is 30.5 Å². The van der Waals surface area contributed by atoms with E-state index in [0.29, 0.717) is 17.4 Å². The van der Waals surface area contributed by atoms with Crippen LogP contribution < -0.4 is 10.1 Å². The molecule has 1 aromatic carbocycles. The Balaban J connectivity index is 2.32. The van der Waals surface area contributed by atoms with Crippen LogP contribution in [0.2, 0.25) is 0 Å². The van der Waals surface area contributed by atoms with E-state index in [9.17, 15) is 13.2 Å². The summed E-state index contributed by atoms with van der Waals surface area (Å²) in [5.74, 6) is 0.725. The van der Waals surface area contributed by atoms with Gasteiger partial charge in [-0.3, -0.25) is 4.79 Å². The minimum absolute atomic E-state index is 0.00354. The molecule has 1 N–H and O–H groups in total. The molecule has 0 radical (unpaired) electrons. The van der Waals surface area contributed by atoms with Crippen molar-refractivity contribution in [3.8, 4) is 5.75 Å². The zero-order valence-electron chi connectivity index (χ0n) is 12.6. The lowest BCUT2D eigenvalue weighted by Gasteiger charge is -2.15. The molecule has 0 aliphatic heterocycles. The minimum atomic E-state index is -3.55. The molecule has 0 spiro atoms. The maximum atomic E-state index is 12.1. The number of nitrogens with one attached hydrogen (secondary N) is 1. The standard InChI is InChI=1S/C14H20N2O4S/c1-9-7-11(9)14(17)15-12-8-10(5-6-13(12)20-4)21(18,19)16(2)3/h5-6,8-9,11H,7H2,1-4H3,(H,15,17)/t9-,11+/m0/s1. The SMILES string of the molecule is COc1ccc(S(=O)(=O)N(C)C)cc1NC(=O)[C@@H]1C[C@@H]1C. The summed E-state index contributed by atoms with van der Waals surface area (Å²) < 4.78 is 30.6. The van der Waals surface area contributed by atoms with Crippen molar-refractivity contribution in [1.29, 1.82) is 0 Å². The van der Waals surface area contributed by atoms with Crippen LogP contribution in [0, 0.1) is 11.8 Å².